The zero-order valence-electron chi connectivity index (χ0n) is 16.2. The molecule has 0 aromatic carbocycles. The van der Waals surface area contributed by atoms with E-state index in [1.54, 1.807) is 32.2 Å². The molecule has 0 saturated heterocycles. The van der Waals surface area contributed by atoms with Gasteiger partial charge in [0.25, 0.3) is 5.91 Å². The smallest absolute Gasteiger partial charge is 0.253 e. The van der Waals surface area contributed by atoms with Crippen LogP contribution >= 0.6 is 34.4 Å². The molecule has 4 heterocycles. The molecular formula is C19H20N6O2S3. The van der Waals surface area contributed by atoms with Gasteiger partial charge in [-0.2, -0.15) is 5.10 Å². The van der Waals surface area contributed by atoms with Crippen molar-refractivity contribution in [2.24, 2.45) is 17.9 Å². The number of primary amides is 1. The van der Waals surface area contributed by atoms with Crippen LogP contribution in [0.15, 0.2) is 45.3 Å². The van der Waals surface area contributed by atoms with E-state index < -0.39 is 0 Å². The highest BCUT2D eigenvalue weighted by Gasteiger charge is 2.34. The lowest BCUT2D eigenvalue weighted by Crippen LogP contribution is -2.28. The van der Waals surface area contributed by atoms with Crippen LogP contribution in [-0.4, -0.2) is 43.1 Å². The molecular weight excluding hydrogens is 440 g/mol. The van der Waals surface area contributed by atoms with Crippen molar-refractivity contribution in [1.29, 1.82) is 0 Å². The van der Waals surface area contributed by atoms with Gasteiger partial charge in [0.2, 0.25) is 5.91 Å². The molecule has 0 saturated carbocycles. The third-order valence-electron chi connectivity index (χ3n) is 4.69. The summed E-state index contributed by atoms with van der Waals surface area (Å²) in [7, 11) is 1.82. The largest absolute Gasteiger partial charge is 0.370 e. The fraction of sp³-hybridized carbons (Fsp3) is 0.316. The number of amides is 2. The van der Waals surface area contributed by atoms with Crippen LogP contribution in [0.2, 0.25) is 0 Å². The second-order valence-corrected chi connectivity index (χ2v) is 9.58. The van der Waals surface area contributed by atoms with Gasteiger partial charge in [-0.3, -0.25) is 9.59 Å². The third kappa shape index (κ3) is 4.47. The molecule has 3 aromatic heterocycles. The van der Waals surface area contributed by atoms with E-state index in [1.807, 2.05) is 42.1 Å². The Labute approximate surface area is 185 Å². The molecule has 1 aliphatic rings. The summed E-state index contributed by atoms with van der Waals surface area (Å²) in [6, 6.07) is 7.98. The van der Waals surface area contributed by atoms with E-state index in [2.05, 4.69) is 15.3 Å². The van der Waals surface area contributed by atoms with Crippen LogP contribution in [0.5, 0.6) is 0 Å². The van der Waals surface area contributed by atoms with Crippen molar-refractivity contribution >= 4 is 52.0 Å². The minimum absolute atomic E-state index is 0.0772. The van der Waals surface area contributed by atoms with Gasteiger partial charge in [0.1, 0.15) is 5.82 Å². The molecule has 0 unspecified atom stereocenters. The van der Waals surface area contributed by atoms with Crippen molar-refractivity contribution in [2.45, 2.75) is 30.5 Å². The van der Waals surface area contributed by atoms with Gasteiger partial charge in [0.15, 0.2) is 5.16 Å². The number of nitrogens with two attached hydrogens (primary N) is 1. The van der Waals surface area contributed by atoms with Crippen molar-refractivity contribution in [2.75, 3.05) is 5.75 Å². The minimum Gasteiger partial charge on any atom is -0.370 e. The number of carbonyl (C=O) groups is 2. The van der Waals surface area contributed by atoms with Crippen LogP contribution in [0.4, 0.5) is 0 Å². The molecule has 2 N–H and O–H groups in total. The SMILES string of the molecule is Cn1c(CCC(N)=O)nnc1SCC(=O)N1N=C(c2cccs2)C[C@@H]1c1cccs1. The maximum atomic E-state index is 13.1. The summed E-state index contributed by atoms with van der Waals surface area (Å²) in [5.41, 5.74) is 6.14. The van der Waals surface area contributed by atoms with E-state index in [-0.39, 0.29) is 30.0 Å². The fourth-order valence-electron chi connectivity index (χ4n) is 3.15. The number of aryl methyl sites for hydroxylation is 1. The quantitative estimate of drug-likeness (QED) is 0.520. The van der Waals surface area contributed by atoms with Gasteiger partial charge < -0.3 is 10.3 Å². The lowest BCUT2D eigenvalue weighted by Gasteiger charge is -2.20. The Hall–Kier alpha value is -2.50. The van der Waals surface area contributed by atoms with Crippen LogP contribution in [0.3, 0.4) is 0 Å². The molecule has 2 amide bonds. The number of hydrogen-bond acceptors (Lipinski definition) is 8. The van der Waals surface area contributed by atoms with E-state index in [4.69, 9.17) is 5.73 Å². The van der Waals surface area contributed by atoms with Crippen molar-refractivity contribution in [3.05, 3.63) is 50.6 Å². The van der Waals surface area contributed by atoms with Crippen LogP contribution < -0.4 is 5.73 Å². The van der Waals surface area contributed by atoms with Gasteiger partial charge in [-0.1, -0.05) is 23.9 Å². The Kier molecular flexibility index (Phi) is 6.30. The Morgan fingerprint density at radius 2 is 2.03 bits per heavy atom. The van der Waals surface area contributed by atoms with Crippen LogP contribution in [-0.2, 0) is 23.1 Å². The van der Waals surface area contributed by atoms with Gasteiger partial charge in [-0.15, -0.1) is 32.9 Å². The Balaban J connectivity index is 1.46. The summed E-state index contributed by atoms with van der Waals surface area (Å²) in [6.07, 6.45) is 1.35. The molecule has 3 aromatic rings. The predicted octanol–water partition coefficient (Wildman–Crippen LogP) is 2.83. The van der Waals surface area contributed by atoms with E-state index in [0.29, 0.717) is 23.8 Å². The maximum absolute atomic E-state index is 13.1. The Morgan fingerprint density at radius 1 is 1.23 bits per heavy atom. The molecule has 0 bridgehead atoms. The number of carbonyl (C=O) groups excluding carboxylic acids is 2. The van der Waals surface area contributed by atoms with Crippen molar-refractivity contribution < 1.29 is 9.59 Å². The number of thioether (sulfide) groups is 1. The first-order chi connectivity index (χ1) is 14.5. The fourth-order valence-corrected chi connectivity index (χ4v) is 5.47. The van der Waals surface area contributed by atoms with Crippen LogP contribution in [0.25, 0.3) is 0 Å². The summed E-state index contributed by atoms with van der Waals surface area (Å²) >= 11 is 4.58. The molecule has 156 valence electrons. The van der Waals surface area contributed by atoms with Gasteiger partial charge in [-0.25, -0.2) is 5.01 Å². The highest BCUT2D eigenvalue weighted by atomic mass is 32.2. The summed E-state index contributed by atoms with van der Waals surface area (Å²) in [6.45, 7) is 0. The van der Waals surface area contributed by atoms with Gasteiger partial charge in [0.05, 0.1) is 22.4 Å². The molecule has 1 aliphatic heterocycles. The van der Waals surface area contributed by atoms with E-state index in [1.165, 1.54) is 11.8 Å². The van der Waals surface area contributed by atoms with Gasteiger partial charge in [-0.05, 0) is 22.9 Å². The van der Waals surface area contributed by atoms with Crippen LogP contribution in [0.1, 0.15) is 34.5 Å². The molecule has 4 rings (SSSR count). The first-order valence-corrected chi connectivity index (χ1v) is 12.0. The number of hydrogen-bond donors (Lipinski definition) is 1. The normalized spacial score (nSPS) is 16.1. The molecule has 1 atom stereocenters. The first-order valence-electron chi connectivity index (χ1n) is 9.29. The molecule has 11 heteroatoms. The highest BCUT2D eigenvalue weighted by Crippen LogP contribution is 2.36. The van der Waals surface area contributed by atoms with E-state index in [9.17, 15) is 9.59 Å². The molecule has 8 nitrogen and oxygen atoms in total. The number of nitrogens with zero attached hydrogens (tertiary/aromatic N) is 5. The van der Waals surface area contributed by atoms with Gasteiger partial charge >= 0.3 is 0 Å². The van der Waals surface area contributed by atoms with Crippen LogP contribution in [0, 0.1) is 0 Å². The maximum Gasteiger partial charge on any atom is 0.253 e. The second kappa shape index (κ2) is 9.11. The number of thiophene rings is 2. The molecule has 30 heavy (non-hydrogen) atoms. The number of aromatic nitrogens is 3. The van der Waals surface area contributed by atoms with Gasteiger partial charge in [0, 0.05) is 31.2 Å². The monoisotopic (exact) mass is 460 g/mol. The molecule has 0 aliphatic carbocycles. The summed E-state index contributed by atoms with van der Waals surface area (Å²) in [5.74, 6) is 0.409. The van der Waals surface area contributed by atoms with E-state index >= 15 is 0 Å². The minimum atomic E-state index is -0.379. The second-order valence-electron chi connectivity index (χ2n) is 6.71. The summed E-state index contributed by atoms with van der Waals surface area (Å²) in [4.78, 5) is 26.3. The standard InChI is InChI=1S/C19H20N6O2S3/c1-24-17(7-6-16(20)26)21-22-19(24)30-11-18(27)25-13(15-5-3-9-29-15)10-12(23-25)14-4-2-8-28-14/h2-5,8-9,13H,6-7,10-11H2,1H3,(H2,20,26)/t13-/m1/s1. The molecule has 0 radical (unpaired) electrons. The topological polar surface area (TPSA) is 106 Å². The molecule has 0 spiro atoms. The summed E-state index contributed by atoms with van der Waals surface area (Å²) in [5, 5.41) is 19.2. The lowest BCUT2D eigenvalue weighted by atomic mass is 10.1. The lowest BCUT2D eigenvalue weighted by molar-refractivity contribution is -0.130. The average molecular weight is 461 g/mol. The highest BCUT2D eigenvalue weighted by molar-refractivity contribution is 7.99. The number of hydrazone groups is 1. The first kappa shape index (κ1) is 20.8. The average Bonchev–Trinajstić information content (AvgIpc) is 3.52. The molecule has 0 fully saturated rings. The Bertz CT molecular complexity index is 1060. The van der Waals surface area contributed by atoms with Crippen molar-refractivity contribution in [1.82, 2.24) is 19.8 Å². The predicted molar refractivity (Wildman–Crippen MR) is 119 cm³/mol. The van der Waals surface area contributed by atoms with Crippen molar-refractivity contribution in [3.8, 4) is 0 Å². The zero-order valence-corrected chi connectivity index (χ0v) is 18.7. The Morgan fingerprint density at radius 3 is 2.73 bits per heavy atom. The van der Waals surface area contributed by atoms with Crippen molar-refractivity contribution in [3.63, 3.8) is 0 Å². The van der Waals surface area contributed by atoms with E-state index in [0.717, 1.165) is 15.5 Å². The zero-order chi connectivity index (χ0) is 21.1. The third-order valence-corrected chi connectivity index (χ3v) is 7.59. The number of rotatable bonds is 8. The summed E-state index contributed by atoms with van der Waals surface area (Å²) < 4.78 is 1.79.